The Morgan fingerprint density at radius 3 is 2.78 bits per heavy atom. The fourth-order valence-corrected chi connectivity index (χ4v) is 3.81. The van der Waals surface area contributed by atoms with Gasteiger partial charge in [-0.2, -0.15) is 0 Å². The molecule has 0 atom stereocenters. The summed E-state index contributed by atoms with van der Waals surface area (Å²) >= 11 is 0. The van der Waals surface area contributed by atoms with E-state index in [0.717, 1.165) is 57.0 Å². The molecule has 0 unspecified atom stereocenters. The van der Waals surface area contributed by atoms with Crippen molar-refractivity contribution < 1.29 is 4.52 Å². The Bertz CT molecular complexity index is 1150. The topological polar surface area (TPSA) is 67.6 Å². The number of aryl methyl sites for hydroxylation is 3. The summed E-state index contributed by atoms with van der Waals surface area (Å²) in [5.41, 5.74) is 8.69. The lowest BCUT2D eigenvalue weighted by molar-refractivity contribution is 0.391. The number of nitrogens with zero attached hydrogens (tertiary/aromatic N) is 3. The van der Waals surface area contributed by atoms with Gasteiger partial charge in [-0.15, -0.1) is 0 Å². The predicted molar refractivity (Wildman–Crippen MR) is 106 cm³/mol. The molecular formula is C22H22N4O. The Morgan fingerprint density at radius 2 is 2.04 bits per heavy atom. The summed E-state index contributed by atoms with van der Waals surface area (Å²) in [6, 6.07) is 6.44. The highest BCUT2D eigenvalue weighted by molar-refractivity contribution is 5.97. The van der Waals surface area contributed by atoms with Crippen molar-refractivity contribution in [3.63, 3.8) is 0 Å². The van der Waals surface area contributed by atoms with E-state index >= 15 is 0 Å². The fraction of sp³-hybridized carbons (Fsp3) is 0.318. The van der Waals surface area contributed by atoms with Gasteiger partial charge in [-0.25, -0.2) is 4.98 Å². The van der Waals surface area contributed by atoms with Gasteiger partial charge < -0.3 is 9.51 Å². The van der Waals surface area contributed by atoms with Gasteiger partial charge in [-0.1, -0.05) is 12.1 Å². The van der Waals surface area contributed by atoms with Crippen LogP contribution in [-0.2, 0) is 6.42 Å². The van der Waals surface area contributed by atoms with E-state index in [-0.39, 0.29) is 0 Å². The molecule has 0 aliphatic heterocycles. The van der Waals surface area contributed by atoms with Crippen LogP contribution in [0.1, 0.15) is 48.5 Å². The number of hydrogen-bond donors (Lipinski definition) is 1. The number of pyridine rings is 1. The number of aromatic nitrogens is 4. The van der Waals surface area contributed by atoms with Crippen molar-refractivity contribution in [3.05, 3.63) is 53.4 Å². The van der Waals surface area contributed by atoms with E-state index in [2.05, 4.69) is 41.1 Å². The number of rotatable bonds is 4. The second-order valence-electron chi connectivity index (χ2n) is 7.42. The second-order valence-corrected chi connectivity index (χ2v) is 7.42. The van der Waals surface area contributed by atoms with Crippen LogP contribution < -0.4 is 0 Å². The van der Waals surface area contributed by atoms with Crippen molar-refractivity contribution in [2.24, 2.45) is 0 Å². The zero-order chi connectivity index (χ0) is 18.5. The third kappa shape index (κ3) is 2.65. The standard InChI is InChI=1S/C22H22N4O/c1-4-18-20(13(3)27-26-18)15-9-16(17-11-23-8-7-12(17)2)21-19(10-15)24-22(25-21)14-5-6-14/h7-11,14H,4-6H2,1-3H3,(H,24,25). The molecule has 5 nitrogen and oxygen atoms in total. The maximum Gasteiger partial charge on any atom is 0.141 e. The first-order valence-electron chi connectivity index (χ1n) is 9.56. The molecule has 0 radical (unpaired) electrons. The molecule has 3 aromatic heterocycles. The average molecular weight is 358 g/mol. The molecule has 1 N–H and O–H groups in total. The van der Waals surface area contributed by atoms with Gasteiger partial charge in [0, 0.05) is 35.0 Å². The summed E-state index contributed by atoms with van der Waals surface area (Å²) in [4.78, 5) is 12.9. The first-order valence-corrected chi connectivity index (χ1v) is 9.56. The van der Waals surface area contributed by atoms with Crippen molar-refractivity contribution in [1.29, 1.82) is 0 Å². The largest absolute Gasteiger partial charge is 0.361 e. The zero-order valence-electron chi connectivity index (χ0n) is 15.8. The Morgan fingerprint density at radius 1 is 1.19 bits per heavy atom. The molecule has 5 rings (SSSR count). The molecule has 0 spiro atoms. The number of hydrogen-bond acceptors (Lipinski definition) is 4. The van der Waals surface area contributed by atoms with Crippen LogP contribution in [0.15, 0.2) is 35.1 Å². The minimum atomic E-state index is 0.576. The Labute approximate surface area is 157 Å². The molecule has 1 aliphatic carbocycles. The molecule has 0 bridgehead atoms. The van der Waals surface area contributed by atoms with E-state index in [1.54, 1.807) is 0 Å². The second kappa shape index (κ2) is 6.05. The van der Waals surface area contributed by atoms with Crippen LogP contribution in [0.4, 0.5) is 0 Å². The number of fused-ring (bicyclic) bond motifs is 1. The van der Waals surface area contributed by atoms with Gasteiger partial charge in [0.15, 0.2) is 0 Å². The van der Waals surface area contributed by atoms with Gasteiger partial charge in [-0.3, -0.25) is 4.98 Å². The summed E-state index contributed by atoms with van der Waals surface area (Å²) < 4.78 is 5.49. The van der Waals surface area contributed by atoms with Gasteiger partial charge in [-0.05, 0) is 62.4 Å². The Hall–Kier alpha value is -2.95. The highest BCUT2D eigenvalue weighted by atomic mass is 16.5. The molecule has 4 aromatic rings. The fourth-order valence-electron chi connectivity index (χ4n) is 3.81. The van der Waals surface area contributed by atoms with Crippen molar-refractivity contribution in [1.82, 2.24) is 20.1 Å². The molecule has 5 heteroatoms. The van der Waals surface area contributed by atoms with Gasteiger partial charge in [0.2, 0.25) is 0 Å². The van der Waals surface area contributed by atoms with Crippen LogP contribution in [0.2, 0.25) is 0 Å². The molecule has 0 saturated heterocycles. The smallest absolute Gasteiger partial charge is 0.141 e. The van der Waals surface area contributed by atoms with E-state index < -0.39 is 0 Å². The van der Waals surface area contributed by atoms with E-state index in [1.165, 1.54) is 18.4 Å². The third-order valence-corrected chi connectivity index (χ3v) is 5.46. The highest BCUT2D eigenvalue weighted by Gasteiger charge is 2.28. The molecule has 27 heavy (non-hydrogen) atoms. The minimum Gasteiger partial charge on any atom is -0.361 e. The lowest BCUT2D eigenvalue weighted by Crippen LogP contribution is -1.91. The van der Waals surface area contributed by atoms with E-state index in [4.69, 9.17) is 9.51 Å². The van der Waals surface area contributed by atoms with Crippen LogP contribution in [0.5, 0.6) is 0 Å². The lowest BCUT2D eigenvalue weighted by atomic mass is 9.95. The minimum absolute atomic E-state index is 0.576. The molecule has 3 heterocycles. The first kappa shape index (κ1) is 16.2. The van der Waals surface area contributed by atoms with E-state index in [1.807, 2.05) is 25.4 Å². The van der Waals surface area contributed by atoms with Crippen LogP contribution in [-0.4, -0.2) is 20.1 Å². The van der Waals surface area contributed by atoms with Gasteiger partial charge >= 0.3 is 0 Å². The lowest BCUT2D eigenvalue weighted by Gasteiger charge is -2.09. The normalized spacial score (nSPS) is 14.2. The Balaban J connectivity index is 1.81. The number of benzene rings is 1. The summed E-state index contributed by atoms with van der Waals surface area (Å²) in [5, 5.41) is 4.24. The highest BCUT2D eigenvalue weighted by Crippen LogP contribution is 2.42. The summed E-state index contributed by atoms with van der Waals surface area (Å²) in [6.07, 6.45) is 7.04. The monoisotopic (exact) mass is 358 g/mol. The summed E-state index contributed by atoms with van der Waals surface area (Å²) in [7, 11) is 0. The molecule has 1 aliphatic rings. The zero-order valence-corrected chi connectivity index (χ0v) is 15.8. The molecule has 1 aromatic carbocycles. The van der Waals surface area contributed by atoms with Crippen LogP contribution in [0, 0.1) is 13.8 Å². The van der Waals surface area contributed by atoms with Crippen LogP contribution >= 0.6 is 0 Å². The Kier molecular flexibility index (Phi) is 3.64. The number of H-pyrrole nitrogens is 1. The van der Waals surface area contributed by atoms with Gasteiger partial charge in [0.1, 0.15) is 11.6 Å². The third-order valence-electron chi connectivity index (χ3n) is 5.46. The van der Waals surface area contributed by atoms with Crippen molar-refractivity contribution in [3.8, 4) is 22.3 Å². The number of imidazole rings is 1. The molecular weight excluding hydrogens is 336 g/mol. The van der Waals surface area contributed by atoms with E-state index in [0.29, 0.717) is 5.92 Å². The van der Waals surface area contributed by atoms with Crippen LogP contribution in [0.3, 0.4) is 0 Å². The summed E-state index contributed by atoms with van der Waals surface area (Å²) in [6.45, 7) is 6.20. The maximum absolute atomic E-state index is 5.49. The van der Waals surface area contributed by atoms with Gasteiger partial charge in [0.05, 0.1) is 16.7 Å². The van der Waals surface area contributed by atoms with Crippen molar-refractivity contribution in [2.45, 2.75) is 46.0 Å². The average Bonchev–Trinajstić information content (AvgIpc) is 3.32. The van der Waals surface area contributed by atoms with Crippen molar-refractivity contribution in [2.75, 3.05) is 0 Å². The van der Waals surface area contributed by atoms with Gasteiger partial charge in [0.25, 0.3) is 0 Å². The molecule has 1 fully saturated rings. The SMILES string of the molecule is CCc1noc(C)c1-c1cc(-c2cnccc2C)c2nc(C3CC3)[nH]c2c1. The number of aromatic amines is 1. The quantitative estimate of drug-likeness (QED) is 0.535. The number of nitrogens with one attached hydrogen (secondary N) is 1. The van der Waals surface area contributed by atoms with E-state index in [9.17, 15) is 0 Å². The summed E-state index contributed by atoms with van der Waals surface area (Å²) in [5.74, 6) is 2.52. The predicted octanol–water partition coefficient (Wildman–Crippen LogP) is 5.34. The molecule has 0 amide bonds. The van der Waals surface area contributed by atoms with Crippen LogP contribution in [0.25, 0.3) is 33.3 Å². The van der Waals surface area contributed by atoms with Crippen molar-refractivity contribution >= 4 is 11.0 Å². The molecule has 1 saturated carbocycles. The molecule has 136 valence electrons. The maximum atomic E-state index is 5.49. The first-order chi connectivity index (χ1) is 13.2.